The fraction of sp³-hybridized carbons (Fsp3) is 0.600. The first-order chi connectivity index (χ1) is 7.25. The van der Waals surface area contributed by atoms with Crippen LogP contribution in [0.3, 0.4) is 0 Å². The van der Waals surface area contributed by atoms with Crippen molar-refractivity contribution < 1.29 is 0 Å². The first kappa shape index (κ1) is 10.8. The van der Waals surface area contributed by atoms with Crippen molar-refractivity contribution >= 4 is 11.6 Å². The van der Waals surface area contributed by atoms with Crippen molar-refractivity contribution in [1.29, 1.82) is 0 Å². The van der Waals surface area contributed by atoms with Gasteiger partial charge < -0.3 is 5.32 Å². The molecule has 1 aliphatic rings. The summed E-state index contributed by atoms with van der Waals surface area (Å²) in [6.45, 7) is 6.22. The molecule has 0 aliphatic carbocycles. The summed E-state index contributed by atoms with van der Waals surface area (Å²) < 4.78 is 0. The summed E-state index contributed by atoms with van der Waals surface area (Å²) in [5, 5.41) is 11.7. The highest BCUT2D eigenvalue weighted by atomic mass is 35.5. The second-order valence-electron chi connectivity index (χ2n) is 3.87. The van der Waals surface area contributed by atoms with E-state index in [4.69, 9.17) is 11.6 Å². The van der Waals surface area contributed by atoms with Gasteiger partial charge in [-0.05, 0) is 19.1 Å². The van der Waals surface area contributed by atoms with Gasteiger partial charge in [-0.25, -0.2) is 0 Å². The van der Waals surface area contributed by atoms with Crippen molar-refractivity contribution in [3.05, 3.63) is 23.0 Å². The third-order valence-electron chi connectivity index (χ3n) is 2.69. The highest BCUT2D eigenvalue weighted by Crippen LogP contribution is 2.09. The predicted octanol–water partition coefficient (Wildman–Crippen LogP) is 0.924. The van der Waals surface area contributed by atoms with Gasteiger partial charge in [0.2, 0.25) is 0 Å². The van der Waals surface area contributed by atoms with Crippen LogP contribution in [-0.4, -0.2) is 40.8 Å². The van der Waals surface area contributed by atoms with E-state index in [-0.39, 0.29) is 0 Å². The smallest absolute Gasteiger partial charge is 0.151 e. The second-order valence-corrected chi connectivity index (χ2v) is 4.26. The maximum absolute atomic E-state index is 5.69. The molecule has 0 bridgehead atoms. The number of nitrogens with zero attached hydrogens (tertiary/aromatic N) is 3. The normalized spacial score (nSPS) is 22.9. The summed E-state index contributed by atoms with van der Waals surface area (Å²) in [6, 6.07) is 4.28. The van der Waals surface area contributed by atoms with Crippen molar-refractivity contribution in [3.63, 3.8) is 0 Å². The molecule has 15 heavy (non-hydrogen) atoms. The average Bonchev–Trinajstić information content (AvgIpc) is 2.25. The number of hydrogen-bond acceptors (Lipinski definition) is 4. The fourth-order valence-corrected chi connectivity index (χ4v) is 1.85. The standard InChI is InChI=1S/C10H15ClN4/c1-8-6-12-4-5-15(8)7-9-2-3-10(11)14-13-9/h2-3,8,12H,4-7H2,1H3/t8-/m1/s1. The minimum atomic E-state index is 0.451. The number of nitrogens with one attached hydrogen (secondary N) is 1. The van der Waals surface area contributed by atoms with Crippen LogP contribution in [0.15, 0.2) is 12.1 Å². The second kappa shape index (κ2) is 4.88. The highest BCUT2D eigenvalue weighted by molar-refractivity contribution is 6.29. The predicted molar refractivity (Wildman–Crippen MR) is 59.8 cm³/mol. The van der Waals surface area contributed by atoms with E-state index >= 15 is 0 Å². The zero-order valence-electron chi connectivity index (χ0n) is 8.78. The number of aromatic nitrogens is 2. The monoisotopic (exact) mass is 226 g/mol. The molecule has 2 heterocycles. The Kier molecular flexibility index (Phi) is 3.51. The summed E-state index contributed by atoms with van der Waals surface area (Å²) in [7, 11) is 0. The average molecular weight is 227 g/mol. The van der Waals surface area contributed by atoms with Crippen LogP contribution in [0.1, 0.15) is 12.6 Å². The van der Waals surface area contributed by atoms with Crippen LogP contribution in [0.4, 0.5) is 0 Å². The van der Waals surface area contributed by atoms with E-state index in [0.29, 0.717) is 11.2 Å². The Morgan fingerprint density at radius 3 is 3.07 bits per heavy atom. The Morgan fingerprint density at radius 1 is 1.53 bits per heavy atom. The minimum absolute atomic E-state index is 0.451. The van der Waals surface area contributed by atoms with Gasteiger partial charge in [-0.1, -0.05) is 11.6 Å². The molecule has 1 aromatic heterocycles. The Balaban J connectivity index is 1.98. The zero-order chi connectivity index (χ0) is 10.7. The van der Waals surface area contributed by atoms with Gasteiger partial charge in [-0.2, -0.15) is 5.10 Å². The van der Waals surface area contributed by atoms with Crippen LogP contribution in [0.2, 0.25) is 5.15 Å². The molecule has 0 amide bonds. The van der Waals surface area contributed by atoms with Crippen molar-refractivity contribution in [2.24, 2.45) is 0 Å². The van der Waals surface area contributed by atoms with Gasteiger partial charge >= 0.3 is 0 Å². The molecule has 0 radical (unpaired) electrons. The number of hydrogen-bond donors (Lipinski definition) is 1. The summed E-state index contributed by atoms with van der Waals surface area (Å²) in [6.07, 6.45) is 0. The molecule has 4 nitrogen and oxygen atoms in total. The van der Waals surface area contributed by atoms with Crippen molar-refractivity contribution in [1.82, 2.24) is 20.4 Å². The maximum Gasteiger partial charge on any atom is 0.151 e. The summed E-state index contributed by atoms with van der Waals surface area (Å²) >= 11 is 5.69. The maximum atomic E-state index is 5.69. The fourth-order valence-electron chi connectivity index (χ4n) is 1.75. The molecule has 1 aliphatic heterocycles. The lowest BCUT2D eigenvalue weighted by molar-refractivity contribution is 0.163. The molecule has 1 fully saturated rings. The van der Waals surface area contributed by atoms with Gasteiger partial charge in [0.15, 0.2) is 5.15 Å². The molecule has 1 saturated heterocycles. The van der Waals surface area contributed by atoms with Gasteiger partial charge in [0.25, 0.3) is 0 Å². The minimum Gasteiger partial charge on any atom is -0.314 e. The van der Waals surface area contributed by atoms with E-state index in [1.807, 2.05) is 6.07 Å². The van der Waals surface area contributed by atoms with Gasteiger partial charge in [0.1, 0.15) is 0 Å². The summed E-state index contributed by atoms with van der Waals surface area (Å²) in [5.41, 5.74) is 0.980. The molecule has 82 valence electrons. The Labute approximate surface area is 94.6 Å². The van der Waals surface area contributed by atoms with E-state index in [2.05, 4.69) is 27.3 Å². The quantitative estimate of drug-likeness (QED) is 0.815. The number of rotatable bonds is 2. The van der Waals surface area contributed by atoms with E-state index in [1.54, 1.807) is 6.07 Å². The zero-order valence-corrected chi connectivity index (χ0v) is 9.54. The summed E-state index contributed by atoms with van der Waals surface area (Å²) in [4.78, 5) is 2.40. The first-order valence-corrected chi connectivity index (χ1v) is 5.56. The van der Waals surface area contributed by atoms with E-state index in [0.717, 1.165) is 31.9 Å². The Morgan fingerprint density at radius 2 is 2.40 bits per heavy atom. The molecule has 1 N–H and O–H groups in total. The molecule has 1 aromatic rings. The van der Waals surface area contributed by atoms with Crippen LogP contribution in [0.25, 0.3) is 0 Å². The third-order valence-corrected chi connectivity index (χ3v) is 2.89. The molecule has 0 aromatic carbocycles. The topological polar surface area (TPSA) is 41.0 Å². The lowest BCUT2D eigenvalue weighted by Crippen LogP contribution is -2.49. The van der Waals surface area contributed by atoms with Crippen LogP contribution < -0.4 is 5.32 Å². The van der Waals surface area contributed by atoms with Crippen LogP contribution in [-0.2, 0) is 6.54 Å². The molecule has 0 saturated carbocycles. The molecule has 0 spiro atoms. The first-order valence-electron chi connectivity index (χ1n) is 5.18. The van der Waals surface area contributed by atoms with Gasteiger partial charge in [-0.3, -0.25) is 4.90 Å². The van der Waals surface area contributed by atoms with Crippen molar-refractivity contribution in [3.8, 4) is 0 Å². The number of halogens is 1. The highest BCUT2D eigenvalue weighted by Gasteiger charge is 2.18. The largest absolute Gasteiger partial charge is 0.314 e. The van der Waals surface area contributed by atoms with E-state index in [1.165, 1.54) is 0 Å². The Bertz CT molecular complexity index is 314. The van der Waals surface area contributed by atoms with Crippen molar-refractivity contribution in [2.75, 3.05) is 19.6 Å². The lowest BCUT2D eigenvalue weighted by Gasteiger charge is -2.33. The molecule has 2 rings (SSSR count). The SMILES string of the molecule is C[C@@H]1CNCCN1Cc1ccc(Cl)nn1. The van der Waals surface area contributed by atoms with Crippen LogP contribution in [0.5, 0.6) is 0 Å². The third kappa shape index (κ3) is 2.87. The molecular weight excluding hydrogens is 212 g/mol. The van der Waals surface area contributed by atoms with E-state index < -0.39 is 0 Å². The van der Waals surface area contributed by atoms with Gasteiger partial charge in [0.05, 0.1) is 5.69 Å². The van der Waals surface area contributed by atoms with Crippen LogP contribution >= 0.6 is 11.6 Å². The lowest BCUT2D eigenvalue weighted by atomic mass is 10.2. The number of piperazine rings is 1. The molecule has 0 unspecified atom stereocenters. The van der Waals surface area contributed by atoms with Crippen LogP contribution in [0, 0.1) is 0 Å². The Hall–Kier alpha value is -0.710. The molecule has 1 atom stereocenters. The molecule has 5 heteroatoms. The molecular formula is C10H15ClN4. The van der Waals surface area contributed by atoms with Gasteiger partial charge in [0, 0.05) is 32.2 Å². The summed E-state index contributed by atoms with van der Waals surface area (Å²) in [5.74, 6) is 0. The van der Waals surface area contributed by atoms with E-state index in [9.17, 15) is 0 Å². The van der Waals surface area contributed by atoms with Gasteiger partial charge in [-0.15, -0.1) is 5.10 Å². The van der Waals surface area contributed by atoms with Crippen molar-refractivity contribution in [2.45, 2.75) is 19.5 Å².